The number of amides is 1. The maximum Gasteiger partial charge on any atom is 0.272 e. The van der Waals surface area contributed by atoms with Crippen molar-refractivity contribution in [2.45, 2.75) is 18.9 Å². The molecule has 1 aliphatic rings. The van der Waals surface area contributed by atoms with Gasteiger partial charge in [-0.15, -0.1) is 5.10 Å². The van der Waals surface area contributed by atoms with E-state index in [0.29, 0.717) is 34.1 Å². The second-order valence-corrected chi connectivity index (χ2v) is 8.44. The van der Waals surface area contributed by atoms with Gasteiger partial charge >= 0.3 is 0 Å². The average Bonchev–Trinajstić information content (AvgIpc) is 3.19. The predicted molar refractivity (Wildman–Crippen MR) is 126 cm³/mol. The molecule has 2 N–H and O–H groups in total. The molecule has 4 aromatic rings. The first kappa shape index (κ1) is 21.0. The smallest absolute Gasteiger partial charge is 0.272 e. The molecular formula is C24H26N8O. The van der Waals surface area contributed by atoms with Gasteiger partial charge in [0, 0.05) is 37.2 Å². The second-order valence-electron chi connectivity index (χ2n) is 8.44. The zero-order valence-corrected chi connectivity index (χ0v) is 18.7. The lowest BCUT2D eigenvalue weighted by atomic mass is 10.0. The minimum absolute atomic E-state index is 0.0683. The van der Waals surface area contributed by atoms with Gasteiger partial charge in [-0.2, -0.15) is 0 Å². The zero-order chi connectivity index (χ0) is 22.9. The molecule has 9 heteroatoms. The molecule has 1 aliphatic heterocycles. The van der Waals surface area contributed by atoms with Crippen LogP contribution in [0.3, 0.4) is 0 Å². The van der Waals surface area contributed by atoms with Crippen molar-refractivity contribution in [1.82, 2.24) is 34.4 Å². The molecule has 0 spiro atoms. The Bertz CT molecular complexity index is 1290. The van der Waals surface area contributed by atoms with E-state index in [1.54, 1.807) is 23.0 Å². The third kappa shape index (κ3) is 4.03. The summed E-state index contributed by atoms with van der Waals surface area (Å²) in [4.78, 5) is 30.8. The van der Waals surface area contributed by atoms with Gasteiger partial charge in [0.15, 0.2) is 11.5 Å². The predicted octanol–water partition coefficient (Wildman–Crippen LogP) is 2.60. The molecule has 4 aromatic heterocycles. The molecular weight excluding hydrogens is 416 g/mol. The van der Waals surface area contributed by atoms with Crippen LogP contribution >= 0.6 is 0 Å². The van der Waals surface area contributed by atoms with E-state index >= 15 is 0 Å². The van der Waals surface area contributed by atoms with E-state index in [0.717, 1.165) is 31.5 Å². The van der Waals surface area contributed by atoms with E-state index in [2.05, 4.69) is 32.0 Å². The molecule has 5 rings (SSSR count). The van der Waals surface area contributed by atoms with E-state index in [4.69, 9.17) is 5.73 Å². The quantitative estimate of drug-likeness (QED) is 0.518. The van der Waals surface area contributed by atoms with Crippen molar-refractivity contribution in [1.29, 1.82) is 0 Å². The first-order valence-electron chi connectivity index (χ1n) is 11.0. The minimum atomic E-state index is -0.0683. The lowest BCUT2D eigenvalue weighted by Gasteiger charge is -2.35. The third-order valence-electron chi connectivity index (χ3n) is 6.24. The molecule has 0 atom stereocenters. The fourth-order valence-corrected chi connectivity index (χ4v) is 4.28. The van der Waals surface area contributed by atoms with Crippen LogP contribution in [0, 0.1) is 0 Å². The Kier molecular flexibility index (Phi) is 5.47. The fraction of sp³-hybridized carbons (Fsp3) is 0.292. The van der Waals surface area contributed by atoms with E-state index in [-0.39, 0.29) is 11.9 Å². The highest BCUT2D eigenvalue weighted by atomic mass is 16.2. The number of pyridine rings is 2. The highest BCUT2D eigenvalue weighted by Gasteiger charge is 2.25. The Balaban J connectivity index is 1.44. The molecule has 1 amide bonds. The number of rotatable bonds is 4. The second kappa shape index (κ2) is 8.59. The lowest BCUT2D eigenvalue weighted by molar-refractivity contribution is 0.0654. The number of carbonyl (C=O) groups excluding carboxylic acids is 1. The van der Waals surface area contributed by atoms with Crippen LogP contribution in [-0.2, 0) is 0 Å². The number of aromatic nitrogens is 5. The summed E-state index contributed by atoms with van der Waals surface area (Å²) >= 11 is 0. The summed E-state index contributed by atoms with van der Waals surface area (Å²) in [5.74, 6) is 0.288. The van der Waals surface area contributed by atoms with Crippen LogP contribution in [0.4, 0.5) is 5.82 Å². The normalized spacial score (nSPS) is 15.1. The van der Waals surface area contributed by atoms with Crippen molar-refractivity contribution in [2.75, 3.05) is 32.9 Å². The molecule has 0 unspecified atom stereocenters. The van der Waals surface area contributed by atoms with Crippen molar-refractivity contribution in [3.63, 3.8) is 0 Å². The highest BCUT2D eigenvalue weighted by molar-refractivity contribution is 5.93. The lowest BCUT2D eigenvalue weighted by Crippen LogP contribution is -2.44. The number of fused-ring (bicyclic) bond motifs is 1. The number of hydrogen-bond donors (Lipinski definition) is 1. The molecule has 0 bridgehead atoms. The van der Waals surface area contributed by atoms with Crippen molar-refractivity contribution < 1.29 is 4.79 Å². The van der Waals surface area contributed by atoms with Crippen molar-refractivity contribution in [2.24, 2.45) is 0 Å². The average molecular weight is 443 g/mol. The topological polar surface area (TPSA) is 106 Å². The summed E-state index contributed by atoms with van der Waals surface area (Å²) in [5.41, 5.74) is 10.0. The van der Waals surface area contributed by atoms with Gasteiger partial charge < -0.3 is 15.5 Å². The molecule has 1 saturated heterocycles. The van der Waals surface area contributed by atoms with Crippen molar-refractivity contribution in [3.8, 4) is 22.5 Å². The van der Waals surface area contributed by atoms with Crippen LogP contribution in [0.15, 0.2) is 55.0 Å². The summed E-state index contributed by atoms with van der Waals surface area (Å²) < 4.78 is 1.63. The molecule has 0 saturated carbocycles. The summed E-state index contributed by atoms with van der Waals surface area (Å²) in [5, 5.41) is 4.41. The van der Waals surface area contributed by atoms with Gasteiger partial charge in [-0.05, 0) is 57.2 Å². The van der Waals surface area contributed by atoms with Gasteiger partial charge in [-0.1, -0.05) is 12.1 Å². The number of likely N-dealkylation sites (tertiary alicyclic amines) is 1. The van der Waals surface area contributed by atoms with Crippen LogP contribution in [0.5, 0.6) is 0 Å². The van der Waals surface area contributed by atoms with Gasteiger partial charge in [0.05, 0.1) is 17.0 Å². The van der Waals surface area contributed by atoms with Gasteiger partial charge in [-0.3, -0.25) is 9.78 Å². The van der Waals surface area contributed by atoms with Gasteiger partial charge in [-0.25, -0.2) is 14.5 Å². The Morgan fingerprint density at radius 1 is 1.09 bits per heavy atom. The molecule has 0 aromatic carbocycles. The molecule has 168 valence electrons. The molecule has 0 aliphatic carbocycles. The maximum atomic E-state index is 13.1. The Hall–Kier alpha value is -3.85. The van der Waals surface area contributed by atoms with E-state index in [1.807, 2.05) is 48.5 Å². The number of hydrogen-bond acceptors (Lipinski definition) is 7. The zero-order valence-electron chi connectivity index (χ0n) is 18.7. The number of piperidine rings is 1. The van der Waals surface area contributed by atoms with Gasteiger partial charge in [0.2, 0.25) is 0 Å². The number of nitrogens with zero attached hydrogens (tertiary/aromatic N) is 7. The van der Waals surface area contributed by atoms with Crippen LogP contribution in [-0.4, -0.2) is 73.5 Å². The van der Waals surface area contributed by atoms with Crippen molar-refractivity contribution in [3.05, 3.63) is 60.7 Å². The third-order valence-corrected chi connectivity index (χ3v) is 6.24. The van der Waals surface area contributed by atoms with Crippen LogP contribution in [0.2, 0.25) is 0 Å². The number of nitrogen functional groups attached to an aromatic ring is 1. The monoisotopic (exact) mass is 442 g/mol. The summed E-state index contributed by atoms with van der Waals surface area (Å²) in [6.45, 7) is 1.99. The van der Waals surface area contributed by atoms with E-state index in [9.17, 15) is 4.79 Å². The van der Waals surface area contributed by atoms with E-state index in [1.165, 1.54) is 0 Å². The summed E-state index contributed by atoms with van der Waals surface area (Å²) in [6.07, 6.45) is 7.20. The summed E-state index contributed by atoms with van der Waals surface area (Å²) in [7, 11) is 3.98. The molecule has 9 nitrogen and oxygen atoms in total. The van der Waals surface area contributed by atoms with Crippen LogP contribution in [0.1, 0.15) is 23.3 Å². The van der Waals surface area contributed by atoms with Gasteiger partial charge in [0.25, 0.3) is 5.91 Å². The Morgan fingerprint density at radius 2 is 1.88 bits per heavy atom. The molecule has 1 fully saturated rings. The molecule has 0 radical (unpaired) electrons. The molecule has 5 heterocycles. The number of anilines is 1. The number of nitrogens with two attached hydrogens (primary N) is 1. The first-order chi connectivity index (χ1) is 16.0. The Labute approximate surface area is 191 Å². The number of carbonyl (C=O) groups is 1. The standard InChI is InChI=1S/C24H26N8O/c1-30-12-9-17(10-13-30)31(2)24(33)20-8-5-7-18(28-20)16-14-27-23-21(19-6-3-4-11-26-19)22(25)29-32(23)15-16/h3-8,11,14-15,17H,9-10,12-13H2,1-2H3,(H2,25,29). The SMILES string of the molecule is CN1CCC(N(C)C(=O)c2cccc(-c3cnc4c(-c5ccccn5)c(N)nn4c3)n2)CC1. The highest BCUT2D eigenvalue weighted by Crippen LogP contribution is 2.28. The van der Waals surface area contributed by atoms with Crippen LogP contribution in [0.25, 0.3) is 28.2 Å². The van der Waals surface area contributed by atoms with E-state index < -0.39 is 0 Å². The molecule has 33 heavy (non-hydrogen) atoms. The maximum absolute atomic E-state index is 13.1. The first-order valence-corrected chi connectivity index (χ1v) is 11.0. The fourth-order valence-electron chi connectivity index (χ4n) is 4.28. The van der Waals surface area contributed by atoms with Gasteiger partial charge in [0.1, 0.15) is 5.69 Å². The van der Waals surface area contributed by atoms with Crippen LogP contribution < -0.4 is 5.73 Å². The minimum Gasteiger partial charge on any atom is -0.382 e. The largest absolute Gasteiger partial charge is 0.382 e. The van der Waals surface area contributed by atoms with Crippen molar-refractivity contribution >= 4 is 17.4 Å². The summed E-state index contributed by atoms with van der Waals surface area (Å²) in [6, 6.07) is 11.3. The Morgan fingerprint density at radius 3 is 2.64 bits per heavy atom.